The molecule has 2 aliphatic rings. The predicted molar refractivity (Wildman–Crippen MR) is 30.4 cm³/mol. The van der Waals surface area contributed by atoms with Gasteiger partial charge in [0.2, 0.25) is 0 Å². The maximum Gasteiger partial charge on any atom is 0.339 e. The zero-order valence-electron chi connectivity index (χ0n) is 5.52. The lowest BCUT2D eigenvalue weighted by Crippen LogP contribution is -2.29. The highest BCUT2D eigenvalue weighted by molar-refractivity contribution is 5.82. The van der Waals surface area contributed by atoms with Crippen molar-refractivity contribution in [2.24, 2.45) is 0 Å². The van der Waals surface area contributed by atoms with E-state index < -0.39 is 30.3 Å². The molecule has 11 heavy (non-hydrogen) atoms. The van der Waals surface area contributed by atoms with Crippen LogP contribution in [0.25, 0.3) is 0 Å². The second-order valence-electron chi connectivity index (χ2n) is 2.58. The van der Waals surface area contributed by atoms with Gasteiger partial charge in [0, 0.05) is 0 Å². The average Bonchev–Trinajstić information content (AvgIpc) is 2.37. The Bertz CT molecular complexity index is 223. The number of fused-ring (bicyclic) bond motifs is 1. The molecule has 2 fully saturated rings. The first-order chi connectivity index (χ1) is 5.18. The highest BCUT2D eigenvalue weighted by Gasteiger charge is 2.51. The van der Waals surface area contributed by atoms with Gasteiger partial charge >= 0.3 is 11.9 Å². The molecule has 1 N–H and O–H groups in total. The van der Waals surface area contributed by atoms with E-state index in [2.05, 4.69) is 9.47 Å². The molecule has 0 saturated carbocycles. The highest BCUT2D eigenvalue weighted by atomic mass is 16.6. The molecule has 0 amide bonds. The first-order valence-corrected chi connectivity index (χ1v) is 3.26. The normalized spacial score (nSPS) is 41.7. The van der Waals surface area contributed by atoms with Gasteiger partial charge in [0.05, 0.1) is 6.42 Å². The summed E-state index contributed by atoms with van der Waals surface area (Å²) in [7, 11) is 0. The van der Waals surface area contributed by atoms with Gasteiger partial charge in [-0.3, -0.25) is 4.79 Å². The lowest BCUT2D eigenvalue weighted by Gasteiger charge is -2.05. The van der Waals surface area contributed by atoms with E-state index in [-0.39, 0.29) is 6.42 Å². The van der Waals surface area contributed by atoms with Crippen LogP contribution in [0.3, 0.4) is 0 Å². The molecule has 0 bridgehead atoms. The van der Waals surface area contributed by atoms with E-state index in [0.717, 1.165) is 0 Å². The van der Waals surface area contributed by atoms with Gasteiger partial charge in [-0.1, -0.05) is 0 Å². The van der Waals surface area contributed by atoms with Crippen LogP contribution in [0.2, 0.25) is 0 Å². The van der Waals surface area contributed by atoms with Gasteiger partial charge < -0.3 is 14.6 Å². The third-order valence-corrected chi connectivity index (χ3v) is 1.82. The molecule has 2 saturated heterocycles. The van der Waals surface area contributed by atoms with E-state index in [1.54, 1.807) is 0 Å². The monoisotopic (exact) mass is 158 g/mol. The fourth-order valence-corrected chi connectivity index (χ4v) is 1.29. The van der Waals surface area contributed by atoms with Crippen molar-refractivity contribution in [2.75, 3.05) is 0 Å². The zero-order valence-corrected chi connectivity index (χ0v) is 5.52. The first kappa shape index (κ1) is 6.60. The van der Waals surface area contributed by atoms with Crippen LogP contribution in [-0.2, 0) is 19.1 Å². The third kappa shape index (κ3) is 0.808. The van der Waals surface area contributed by atoms with Crippen LogP contribution < -0.4 is 0 Å². The van der Waals surface area contributed by atoms with Crippen molar-refractivity contribution < 1.29 is 24.2 Å². The smallest absolute Gasteiger partial charge is 0.339 e. The molecule has 0 aromatic heterocycles. The molecule has 3 atom stereocenters. The minimum Gasteiger partial charge on any atom is -0.456 e. The van der Waals surface area contributed by atoms with E-state index in [0.29, 0.717) is 0 Å². The summed E-state index contributed by atoms with van der Waals surface area (Å²) in [5, 5.41) is 9.03. The summed E-state index contributed by atoms with van der Waals surface area (Å²) in [5.41, 5.74) is 0. The summed E-state index contributed by atoms with van der Waals surface area (Å²) in [6.07, 6.45) is -2.56. The lowest BCUT2D eigenvalue weighted by atomic mass is 10.1. The SMILES string of the molecule is O=C1C[C@@H]2OC(=O)[C@H](O)[C@H]2O1. The summed E-state index contributed by atoms with van der Waals surface area (Å²) >= 11 is 0. The maximum atomic E-state index is 10.6. The van der Waals surface area contributed by atoms with Gasteiger partial charge in [-0.25, -0.2) is 4.79 Å². The van der Waals surface area contributed by atoms with Crippen molar-refractivity contribution >= 4 is 11.9 Å². The molecule has 2 rings (SSSR count). The van der Waals surface area contributed by atoms with Crippen molar-refractivity contribution in [1.82, 2.24) is 0 Å². The summed E-state index contributed by atoms with van der Waals surface area (Å²) in [6, 6.07) is 0. The number of aliphatic hydroxyl groups is 1. The summed E-state index contributed by atoms with van der Waals surface area (Å²) in [5.74, 6) is -1.13. The van der Waals surface area contributed by atoms with Crippen molar-refractivity contribution in [3.63, 3.8) is 0 Å². The van der Waals surface area contributed by atoms with Crippen LogP contribution in [0, 0.1) is 0 Å². The van der Waals surface area contributed by atoms with Gasteiger partial charge in [0.15, 0.2) is 18.3 Å². The van der Waals surface area contributed by atoms with Crippen molar-refractivity contribution in [3.05, 3.63) is 0 Å². The fourth-order valence-electron chi connectivity index (χ4n) is 1.29. The Morgan fingerprint density at radius 3 is 2.73 bits per heavy atom. The molecule has 60 valence electrons. The molecule has 5 nitrogen and oxygen atoms in total. The van der Waals surface area contributed by atoms with Crippen LogP contribution in [-0.4, -0.2) is 35.4 Å². The van der Waals surface area contributed by atoms with Gasteiger partial charge in [0.25, 0.3) is 0 Å². The summed E-state index contributed by atoms with van der Waals surface area (Å²) in [6.45, 7) is 0. The molecular weight excluding hydrogens is 152 g/mol. The molecule has 0 spiro atoms. The molecule has 5 heteroatoms. The van der Waals surface area contributed by atoms with Crippen LogP contribution in [0.4, 0.5) is 0 Å². The Morgan fingerprint density at radius 1 is 1.36 bits per heavy atom. The van der Waals surface area contributed by atoms with E-state index in [4.69, 9.17) is 5.11 Å². The van der Waals surface area contributed by atoms with E-state index in [1.165, 1.54) is 0 Å². The minimum absolute atomic E-state index is 0.0630. The Labute approximate surface area is 61.9 Å². The van der Waals surface area contributed by atoms with Crippen molar-refractivity contribution in [3.8, 4) is 0 Å². The van der Waals surface area contributed by atoms with E-state index >= 15 is 0 Å². The van der Waals surface area contributed by atoms with E-state index in [9.17, 15) is 9.59 Å². The molecule has 0 aromatic rings. The molecule has 0 aliphatic carbocycles. The topological polar surface area (TPSA) is 72.8 Å². The number of hydrogen-bond donors (Lipinski definition) is 1. The fraction of sp³-hybridized carbons (Fsp3) is 0.667. The van der Waals surface area contributed by atoms with Crippen LogP contribution >= 0.6 is 0 Å². The predicted octanol–water partition coefficient (Wildman–Crippen LogP) is -1.41. The van der Waals surface area contributed by atoms with Gasteiger partial charge in [0.1, 0.15) is 0 Å². The van der Waals surface area contributed by atoms with E-state index in [1.807, 2.05) is 0 Å². The largest absolute Gasteiger partial charge is 0.456 e. The highest BCUT2D eigenvalue weighted by Crippen LogP contribution is 2.27. The zero-order chi connectivity index (χ0) is 8.01. The lowest BCUT2D eigenvalue weighted by molar-refractivity contribution is -0.152. The van der Waals surface area contributed by atoms with Gasteiger partial charge in [-0.05, 0) is 0 Å². The Kier molecular flexibility index (Phi) is 1.17. The standard InChI is InChI=1S/C6H6O5/c7-3-1-2-5(11-3)4(8)6(9)10-2/h2,4-5,8H,1H2/t2-,4+,5-/m0/s1. The van der Waals surface area contributed by atoms with Gasteiger partial charge in [-0.15, -0.1) is 0 Å². The number of aliphatic hydroxyl groups excluding tert-OH is 1. The second-order valence-corrected chi connectivity index (χ2v) is 2.58. The Balaban J connectivity index is 2.19. The molecule has 2 aliphatic heterocycles. The number of hydrogen-bond acceptors (Lipinski definition) is 5. The number of rotatable bonds is 0. The quantitative estimate of drug-likeness (QED) is 0.438. The molecule has 0 radical (unpaired) electrons. The second kappa shape index (κ2) is 1.94. The van der Waals surface area contributed by atoms with Crippen molar-refractivity contribution in [1.29, 1.82) is 0 Å². The van der Waals surface area contributed by atoms with Crippen LogP contribution in [0.5, 0.6) is 0 Å². The van der Waals surface area contributed by atoms with Gasteiger partial charge in [-0.2, -0.15) is 0 Å². The molecule has 0 unspecified atom stereocenters. The number of esters is 2. The van der Waals surface area contributed by atoms with Crippen LogP contribution in [0.15, 0.2) is 0 Å². The first-order valence-electron chi connectivity index (χ1n) is 3.26. The third-order valence-electron chi connectivity index (χ3n) is 1.82. The Morgan fingerprint density at radius 2 is 2.09 bits per heavy atom. The molecular formula is C6H6O5. The number of carbonyl (C=O) groups is 2. The van der Waals surface area contributed by atoms with Crippen LogP contribution in [0.1, 0.15) is 6.42 Å². The average molecular weight is 158 g/mol. The Hall–Kier alpha value is -1.10. The maximum absolute atomic E-state index is 10.6. The molecule has 0 aromatic carbocycles. The van der Waals surface area contributed by atoms with Crippen molar-refractivity contribution in [2.45, 2.75) is 24.7 Å². The minimum atomic E-state index is -1.29. The molecule has 2 heterocycles. The number of carbonyl (C=O) groups excluding carboxylic acids is 2. The summed E-state index contributed by atoms with van der Waals surface area (Å²) < 4.78 is 9.27. The number of ether oxygens (including phenoxy) is 2. The summed E-state index contributed by atoms with van der Waals surface area (Å²) in [4.78, 5) is 21.2.